The number of aliphatic carboxylic acids is 2. The van der Waals surface area contributed by atoms with Gasteiger partial charge in [0, 0.05) is 22.3 Å². The summed E-state index contributed by atoms with van der Waals surface area (Å²) in [5.74, 6) is -1.04. The number of nitrogens with one attached hydrogen (secondary N) is 1. The van der Waals surface area contributed by atoms with Crippen molar-refractivity contribution in [2.24, 2.45) is 0 Å². The molecule has 0 saturated heterocycles. The van der Waals surface area contributed by atoms with Crippen molar-refractivity contribution in [3.63, 3.8) is 0 Å². The second-order valence-corrected chi connectivity index (χ2v) is 12.9. The Labute approximate surface area is 247 Å². The number of sulfonamides is 1. The highest BCUT2D eigenvalue weighted by molar-refractivity contribution is 7.92. The maximum atomic E-state index is 13.5. The Balaban J connectivity index is 1.52. The lowest BCUT2D eigenvalue weighted by atomic mass is 10.1. The zero-order valence-corrected chi connectivity index (χ0v) is 24.6. The van der Waals surface area contributed by atoms with Gasteiger partial charge in [0.2, 0.25) is 0 Å². The molecular weight excluding hydrogens is 595 g/mol. The molecule has 3 N–H and O–H groups in total. The molecule has 2 heterocycles. The summed E-state index contributed by atoms with van der Waals surface area (Å²) in [6.45, 7) is 0.882. The summed E-state index contributed by atoms with van der Waals surface area (Å²) < 4.78 is 28.0. The van der Waals surface area contributed by atoms with Crippen molar-refractivity contribution in [2.45, 2.75) is 11.3 Å². The number of aromatic nitrogens is 2. The van der Waals surface area contributed by atoms with Gasteiger partial charge in [-0.05, 0) is 60.5 Å². The topological polar surface area (TPSA) is 153 Å². The third kappa shape index (κ3) is 7.36. The first kappa shape index (κ1) is 30.3. The first-order valence-electron chi connectivity index (χ1n) is 12.5. The number of quaternary nitrogens is 1. The Bertz CT molecular complexity index is 1550. The summed E-state index contributed by atoms with van der Waals surface area (Å²) in [6.07, 6.45) is 0.575. The van der Waals surface area contributed by atoms with Crippen molar-refractivity contribution in [1.82, 2.24) is 10.2 Å². The molecule has 0 aliphatic carbocycles. The summed E-state index contributed by atoms with van der Waals surface area (Å²) in [4.78, 5) is 24.4. The summed E-state index contributed by atoms with van der Waals surface area (Å²) in [6, 6.07) is 12.3. The third-order valence-corrected chi connectivity index (χ3v) is 8.65. The fourth-order valence-electron chi connectivity index (χ4n) is 4.52. The van der Waals surface area contributed by atoms with Crippen LogP contribution in [-0.4, -0.2) is 92.1 Å². The number of carboxylic acid groups (broad SMARTS) is 2. The van der Waals surface area contributed by atoms with Gasteiger partial charge in [-0.2, -0.15) is 0 Å². The lowest BCUT2D eigenvalue weighted by Crippen LogP contribution is -2.46. The van der Waals surface area contributed by atoms with Crippen LogP contribution in [0.15, 0.2) is 53.4 Å². The Hall–Kier alpha value is -3.65. The quantitative estimate of drug-likeness (QED) is 0.256. The molecule has 0 atom stereocenters. The van der Waals surface area contributed by atoms with Crippen LogP contribution < -0.4 is 14.5 Å². The van der Waals surface area contributed by atoms with Crippen molar-refractivity contribution >= 4 is 68.2 Å². The number of halogens is 2. The van der Waals surface area contributed by atoms with E-state index in [1.807, 2.05) is 19.0 Å². The van der Waals surface area contributed by atoms with Crippen molar-refractivity contribution in [1.29, 1.82) is 0 Å². The molecule has 3 aromatic rings. The molecule has 4 rings (SSSR count). The van der Waals surface area contributed by atoms with E-state index in [0.717, 1.165) is 15.6 Å². The second kappa shape index (κ2) is 12.1. The number of anilines is 4. The van der Waals surface area contributed by atoms with Crippen molar-refractivity contribution in [2.75, 3.05) is 61.3 Å². The number of hydrogen-bond acceptors (Lipinski definition) is 8. The number of carbonyl (C=O) groups is 2. The van der Waals surface area contributed by atoms with E-state index in [9.17, 15) is 23.1 Å². The average Bonchev–Trinajstić information content (AvgIpc) is 3.29. The molecule has 1 aromatic heterocycles. The Kier molecular flexibility index (Phi) is 8.92. The maximum absolute atomic E-state index is 13.5. The molecule has 2 aromatic carbocycles. The predicted octanol–water partition coefficient (Wildman–Crippen LogP) is 3.33. The number of fused-ring (bicyclic) bond motifs is 1. The minimum absolute atomic E-state index is 0.0112. The van der Waals surface area contributed by atoms with E-state index in [-0.39, 0.29) is 27.2 Å². The zero-order valence-electron chi connectivity index (χ0n) is 22.3. The van der Waals surface area contributed by atoms with Crippen LogP contribution in [0.4, 0.5) is 23.0 Å². The van der Waals surface area contributed by atoms with E-state index >= 15 is 0 Å². The van der Waals surface area contributed by atoms with Crippen LogP contribution in [0.5, 0.6) is 0 Å². The number of likely N-dealkylation sites (N-methyl/N-ethyl adjacent to an activating group) is 1. The van der Waals surface area contributed by atoms with Gasteiger partial charge in [0.15, 0.2) is 12.4 Å². The monoisotopic (exact) mass is 623 g/mol. The van der Waals surface area contributed by atoms with Crippen molar-refractivity contribution in [3.05, 3.63) is 64.1 Å². The largest absolute Gasteiger partial charge is 0.480 e. The van der Waals surface area contributed by atoms with E-state index in [4.69, 9.17) is 28.3 Å². The van der Waals surface area contributed by atoms with Crippen LogP contribution in [0.25, 0.3) is 0 Å². The molecule has 1 aliphatic heterocycles. The molecule has 218 valence electrons. The number of hydrogen-bond donors (Lipinski definition) is 3. The number of rotatable bonds is 12. The van der Waals surface area contributed by atoms with Crippen LogP contribution in [0.2, 0.25) is 10.0 Å². The molecule has 0 bridgehead atoms. The average molecular weight is 625 g/mol. The summed E-state index contributed by atoms with van der Waals surface area (Å²) in [5, 5.41) is 30.4. The molecule has 41 heavy (non-hydrogen) atoms. The normalized spacial score (nSPS) is 13.1. The molecule has 0 radical (unpaired) electrons. The lowest BCUT2D eigenvalue weighted by molar-refractivity contribution is -0.881. The highest BCUT2D eigenvalue weighted by atomic mass is 35.5. The molecule has 12 nitrogen and oxygen atoms in total. The van der Waals surface area contributed by atoms with Gasteiger partial charge < -0.3 is 24.9 Å². The van der Waals surface area contributed by atoms with E-state index in [1.165, 1.54) is 18.2 Å². The molecule has 0 spiro atoms. The highest BCUT2D eigenvalue weighted by Gasteiger charge is 2.30. The Morgan fingerprint density at radius 2 is 1.73 bits per heavy atom. The van der Waals surface area contributed by atoms with E-state index in [1.54, 1.807) is 30.3 Å². The van der Waals surface area contributed by atoms with Crippen molar-refractivity contribution < 1.29 is 32.7 Å². The van der Waals surface area contributed by atoms with E-state index < -0.39 is 28.5 Å². The minimum atomic E-state index is -4.29. The van der Waals surface area contributed by atoms with E-state index in [0.29, 0.717) is 42.2 Å². The van der Waals surface area contributed by atoms with Crippen LogP contribution in [0, 0.1) is 0 Å². The summed E-state index contributed by atoms with van der Waals surface area (Å²) in [5.41, 5.74) is 1.81. The van der Waals surface area contributed by atoms with Gasteiger partial charge in [0.25, 0.3) is 10.0 Å². The van der Waals surface area contributed by atoms with Gasteiger partial charge in [-0.3, -0.25) is 9.10 Å². The number of benzene rings is 2. The highest BCUT2D eigenvalue weighted by Crippen LogP contribution is 2.37. The molecule has 0 fully saturated rings. The predicted molar refractivity (Wildman–Crippen MR) is 156 cm³/mol. The van der Waals surface area contributed by atoms with Gasteiger partial charge in [-0.25, -0.2) is 13.2 Å². The first-order valence-corrected chi connectivity index (χ1v) is 14.7. The maximum Gasteiger partial charge on any atom is 0.359 e. The van der Waals surface area contributed by atoms with Crippen LogP contribution in [-0.2, 0) is 26.0 Å². The van der Waals surface area contributed by atoms with Gasteiger partial charge >= 0.3 is 11.9 Å². The number of carboxylic acids is 2. The van der Waals surface area contributed by atoms with Gasteiger partial charge in [0.1, 0.15) is 12.4 Å². The Morgan fingerprint density at radius 3 is 2.34 bits per heavy atom. The second-order valence-electron chi connectivity index (χ2n) is 10.1. The fourth-order valence-corrected chi connectivity index (χ4v) is 6.65. The van der Waals surface area contributed by atoms with Crippen LogP contribution in [0.3, 0.4) is 0 Å². The fraction of sp³-hybridized carbons (Fsp3) is 0.308. The molecule has 0 unspecified atom stereocenters. The summed E-state index contributed by atoms with van der Waals surface area (Å²) >= 11 is 12.0. The standard InChI is InChI=1S/C26H28Cl2N6O6S/c1-34(2,16-26(37)38)10-8-29-23-5-6-24(31-30-23)32-9-7-17-11-20(3-4-22(17)32)33(15-25(35)36)41(39,40)21-13-18(27)12-19(28)14-21/h3-6,11-14H,7-10,15-16H2,1-2H3,(H2-,29,30,35,36,37,38)/p+1. The third-order valence-electron chi connectivity index (χ3n) is 6.46. The lowest BCUT2D eigenvalue weighted by Gasteiger charge is -2.27. The summed E-state index contributed by atoms with van der Waals surface area (Å²) in [7, 11) is -0.620. The smallest absolute Gasteiger partial charge is 0.359 e. The molecule has 1 aliphatic rings. The molecule has 0 saturated carbocycles. The Morgan fingerprint density at radius 1 is 1.02 bits per heavy atom. The zero-order chi connectivity index (χ0) is 29.9. The van der Waals surface area contributed by atoms with Gasteiger partial charge in [-0.1, -0.05) is 23.2 Å². The van der Waals surface area contributed by atoms with Gasteiger partial charge in [0.05, 0.1) is 37.8 Å². The molecular formula is C26H29Cl2N6O6S+. The molecule has 0 amide bonds. The van der Waals surface area contributed by atoms with E-state index in [2.05, 4.69) is 15.5 Å². The van der Waals surface area contributed by atoms with Crippen LogP contribution in [0.1, 0.15) is 5.56 Å². The SMILES string of the molecule is C[N+](C)(CCNc1ccc(N2CCc3cc(N(CC(=O)O)S(=O)(=O)c4cc(Cl)cc(Cl)c4)ccc32)nn1)CC(=O)O. The molecule has 15 heteroatoms. The number of nitrogens with zero attached hydrogens (tertiary/aromatic N) is 5. The first-order chi connectivity index (χ1) is 19.2. The van der Waals surface area contributed by atoms with Crippen molar-refractivity contribution in [3.8, 4) is 0 Å². The minimum Gasteiger partial charge on any atom is -0.480 e. The van der Waals surface area contributed by atoms with Gasteiger partial charge in [-0.15, -0.1) is 10.2 Å². The van der Waals surface area contributed by atoms with Crippen LogP contribution >= 0.6 is 23.2 Å².